The molecule has 3 aliphatic rings. The molecule has 1 aliphatic carbocycles. The van der Waals surface area contributed by atoms with E-state index in [0.29, 0.717) is 25.0 Å². The van der Waals surface area contributed by atoms with Gasteiger partial charge < -0.3 is 15.1 Å². The number of halogens is 1. The Morgan fingerprint density at radius 2 is 1.76 bits per heavy atom. The number of piperidine rings is 1. The van der Waals surface area contributed by atoms with Crippen LogP contribution in [0, 0.1) is 5.92 Å². The smallest absolute Gasteiger partial charge is 0.253 e. The van der Waals surface area contributed by atoms with Crippen molar-refractivity contribution in [2.24, 2.45) is 5.92 Å². The van der Waals surface area contributed by atoms with Gasteiger partial charge in [0.1, 0.15) is 0 Å². The molecule has 0 spiro atoms. The SMILES string of the molecule is C[C@@H]1CCCCN1CCCNC(=O)[C@H](C1CCCC1)N1CCN(C(=O)c2cccc(Br)c2)CC1. The van der Waals surface area contributed by atoms with Crippen molar-refractivity contribution in [1.29, 1.82) is 0 Å². The molecular formula is C27H41BrN4O2. The zero-order valence-electron chi connectivity index (χ0n) is 20.7. The summed E-state index contributed by atoms with van der Waals surface area (Å²) < 4.78 is 0.921. The summed E-state index contributed by atoms with van der Waals surface area (Å²) in [5, 5.41) is 3.28. The summed E-state index contributed by atoms with van der Waals surface area (Å²) in [5.74, 6) is 0.717. The second-order valence-corrected chi connectivity index (χ2v) is 11.3. The quantitative estimate of drug-likeness (QED) is 0.511. The Labute approximate surface area is 213 Å². The lowest BCUT2D eigenvalue weighted by Gasteiger charge is -2.41. The summed E-state index contributed by atoms with van der Waals surface area (Å²) >= 11 is 3.46. The van der Waals surface area contributed by atoms with Gasteiger partial charge in [0.05, 0.1) is 6.04 Å². The van der Waals surface area contributed by atoms with Gasteiger partial charge in [-0.2, -0.15) is 0 Å². The molecule has 188 valence electrons. The maximum Gasteiger partial charge on any atom is 0.253 e. The van der Waals surface area contributed by atoms with Crippen LogP contribution >= 0.6 is 15.9 Å². The van der Waals surface area contributed by atoms with Gasteiger partial charge >= 0.3 is 0 Å². The fourth-order valence-corrected chi connectivity index (χ4v) is 6.45. The molecule has 4 rings (SSSR count). The lowest BCUT2D eigenvalue weighted by molar-refractivity contribution is -0.129. The van der Waals surface area contributed by atoms with E-state index in [4.69, 9.17) is 0 Å². The molecule has 1 N–H and O–H groups in total. The molecule has 0 radical (unpaired) electrons. The monoisotopic (exact) mass is 532 g/mol. The van der Waals surface area contributed by atoms with Gasteiger partial charge in [-0.1, -0.05) is 41.3 Å². The highest BCUT2D eigenvalue weighted by Crippen LogP contribution is 2.31. The molecule has 0 aromatic heterocycles. The fourth-order valence-electron chi connectivity index (χ4n) is 6.05. The van der Waals surface area contributed by atoms with Gasteiger partial charge in [-0.25, -0.2) is 0 Å². The largest absolute Gasteiger partial charge is 0.355 e. The van der Waals surface area contributed by atoms with Crippen molar-refractivity contribution in [1.82, 2.24) is 20.0 Å². The van der Waals surface area contributed by atoms with Crippen LogP contribution in [0.4, 0.5) is 0 Å². The van der Waals surface area contributed by atoms with Crippen molar-refractivity contribution in [3.05, 3.63) is 34.3 Å². The second kappa shape index (κ2) is 12.5. The maximum atomic E-state index is 13.4. The number of piperazine rings is 1. The third kappa shape index (κ3) is 6.61. The lowest BCUT2D eigenvalue weighted by atomic mass is 9.95. The van der Waals surface area contributed by atoms with Gasteiger partial charge in [0.25, 0.3) is 5.91 Å². The van der Waals surface area contributed by atoms with Crippen LogP contribution in [0.1, 0.15) is 68.6 Å². The van der Waals surface area contributed by atoms with Crippen molar-refractivity contribution in [3.63, 3.8) is 0 Å². The van der Waals surface area contributed by atoms with Crippen LogP contribution < -0.4 is 5.32 Å². The van der Waals surface area contributed by atoms with Crippen LogP contribution in [-0.2, 0) is 4.79 Å². The Balaban J connectivity index is 1.29. The Hall–Kier alpha value is -1.44. The van der Waals surface area contributed by atoms with Crippen molar-refractivity contribution in [2.75, 3.05) is 45.8 Å². The molecule has 1 saturated carbocycles. The number of hydrogen-bond donors (Lipinski definition) is 1. The van der Waals surface area contributed by atoms with E-state index >= 15 is 0 Å². The average Bonchev–Trinajstić information content (AvgIpc) is 3.37. The van der Waals surface area contributed by atoms with Crippen LogP contribution in [0.3, 0.4) is 0 Å². The number of rotatable bonds is 8. The highest BCUT2D eigenvalue weighted by atomic mass is 79.9. The van der Waals surface area contributed by atoms with Gasteiger partial charge in [-0.05, 0) is 69.7 Å². The lowest BCUT2D eigenvalue weighted by Crippen LogP contribution is -2.58. The van der Waals surface area contributed by atoms with Crippen LogP contribution in [0.25, 0.3) is 0 Å². The summed E-state index contributed by atoms with van der Waals surface area (Å²) in [4.78, 5) is 33.2. The molecule has 2 amide bonds. The first kappa shape index (κ1) is 25.6. The predicted octanol–water partition coefficient (Wildman–Crippen LogP) is 4.15. The number of benzene rings is 1. The molecule has 7 heteroatoms. The summed E-state index contributed by atoms with van der Waals surface area (Å²) in [6.07, 6.45) is 9.69. The summed E-state index contributed by atoms with van der Waals surface area (Å²) in [6.45, 7) is 8.23. The number of likely N-dealkylation sites (tertiary alicyclic amines) is 1. The molecule has 2 heterocycles. The zero-order chi connectivity index (χ0) is 23.9. The number of hydrogen-bond acceptors (Lipinski definition) is 4. The highest BCUT2D eigenvalue weighted by molar-refractivity contribution is 9.10. The van der Waals surface area contributed by atoms with Crippen LogP contribution in [0.15, 0.2) is 28.7 Å². The Kier molecular flexibility index (Phi) is 9.43. The topological polar surface area (TPSA) is 55.9 Å². The molecule has 34 heavy (non-hydrogen) atoms. The minimum atomic E-state index is -0.0560. The maximum absolute atomic E-state index is 13.4. The minimum absolute atomic E-state index is 0.0560. The Bertz CT molecular complexity index is 821. The number of carbonyl (C=O) groups is 2. The number of carbonyl (C=O) groups excluding carboxylic acids is 2. The van der Waals surface area contributed by atoms with E-state index in [1.54, 1.807) is 0 Å². The Morgan fingerprint density at radius 3 is 2.47 bits per heavy atom. The minimum Gasteiger partial charge on any atom is -0.355 e. The van der Waals surface area contributed by atoms with Gasteiger partial charge in [-0.3, -0.25) is 14.5 Å². The molecule has 2 saturated heterocycles. The molecule has 2 aliphatic heterocycles. The van der Waals surface area contributed by atoms with Crippen molar-refractivity contribution < 1.29 is 9.59 Å². The van der Waals surface area contributed by atoms with E-state index in [2.05, 4.69) is 38.0 Å². The van der Waals surface area contributed by atoms with E-state index < -0.39 is 0 Å². The van der Waals surface area contributed by atoms with Gasteiger partial charge in [-0.15, -0.1) is 0 Å². The summed E-state index contributed by atoms with van der Waals surface area (Å²) in [6, 6.07) is 8.21. The third-order valence-corrected chi connectivity index (χ3v) is 8.54. The van der Waals surface area contributed by atoms with Gasteiger partial charge in [0, 0.05) is 55.3 Å². The normalized spacial score (nSPS) is 23.7. The molecular weight excluding hydrogens is 492 g/mol. The van der Waals surface area contributed by atoms with E-state index in [-0.39, 0.29) is 17.9 Å². The third-order valence-electron chi connectivity index (χ3n) is 8.04. The molecule has 6 nitrogen and oxygen atoms in total. The molecule has 3 fully saturated rings. The molecule has 1 aromatic rings. The first-order valence-corrected chi connectivity index (χ1v) is 14.1. The Morgan fingerprint density at radius 1 is 1.03 bits per heavy atom. The second-order valence-electron chi connectivity index (χ2n) is 10.4. The predicted molar refractivity (Wildman–Crippen MR) is 140 cm³/mol. The average molecular weight is 534 g/mol. The van der Waals surface area contributed by atoms with Crippen LogP contribution in [-0.4, -0.2) is 84.4 Å². The summed E-state index contributed by atoms with van der Waals surface area (Å²) in [7, 11) is 0. The molecule has 0 unspecified atom stereocenters. The first-order chi connectivity index (χ1) is 16.5. The van der Waals surface area contributed by atoms with Gasteiger partial charge in [0.15, 0.2) is 0 Å². The van der Waals surface area contributed by atoms with Crippen LogP contribution in [0.2, 0.25) is 0 Å². The van der Waals surface area contributed by atoms with E-state index in [1.165, 1.54) is 38.6 Å². The van der Waals surface area contributed by atoms with Crippen molar-refractivity contribution in [2.45, 2.75) is 70.4 Å². The molecule has 2 atom stereocenters. The van der Waals surface area contributed by atoms with Crippen molar-refractivity contribution in [3.8, 4) is 0 Å². The van der Waals surface area contributed by atoms with Crippen LogP contribution in [0.5, 0.6) is 0 Å². The summed E-state index contributed by atoms with van der Waals surface area (Å²) in [5.41, 5.74) is 0.718. The van der Waals surface area contributed by atoms with E-state index in [1.807, 2.05) is 29.2 Å². The van der Waals surface area contributed by atoms with E-state index in [0.717, 1.165) is 55.5 Å². The highest BCUT2D eigenvalue weighted by Gasteiger charge is 2.37. The molecule has 0 bridgehead atoms. The number of nitrogens with one attached hydrogen (secondary N) is 1. The standard InChI is InChI=1S/C27H41BrN4O2/c1-21-8-4-5-14-30(21)15-7-13-29-26(33)25(22-9-2-3-10-22)31-16-18-32(19-17-31)27(34)23-11-6-12-24(28)20-23/h6,11-12,20-22,25H,2-5,7-10,13-19H2,1H3,(H,29,33)/t21-,25+/m1/s1. The fraction of sp³-hybridized carbons (Fsp3) is 0.704. The van der Waals surface area contributed by atoms with E-state index in [9.17, 15) is 9.59 Å². The number of nitrogens with zero attached hydrogens (tertiary/aromatic N) is 3. The van der Waals surface area contributed by atoms with Gasteiger partial charge in [0.2, 0.25) is 5.91 Å². The van der Waals surface area contributed by atoms with Crippen molar-refractivity contribution >= 4 is 27.7 Å². The zero-order valence-corrected chi connectivity index (χ0v) is 22.3. The number of amides is 2. The molecule has 1 aromatic carbocycles. The first-order valence-electron chi connectivity index (χ1n) is 13.3.